The van der Waals surface area contributed by atoms with Gasteiger partial charge >= 0.3 is 0 Å². The van der Waals surface area contributed by atoms with Crippen molar-refractivity contribution in [1.82, 2.24) is 10.6 Å². The number of rotatable bonds is 3. The SMILES string of the molecule is CC1(C)CC(NC(=O)C(C)(C)c2ccc(F)cc2)CC(C)(C)N1. The molecule has 1 heterocycles. The van der Waals surface area contributed by atoms with Gasteiger partial charge in [0.1, 0.15) is 5.82 Å². The molecule has 0 bridgehead atoms. The summed E-state index contributed by atoms with van der Waals surface area (Å²) < 4.78 is 13.1. The van der Waals surface area contributed by atoms with Crippen molar-refractivity contribution >= 4 is 5.91 Å². The lowest BCUT2D eigenvalue weighted by molar-refractivity contribution is -0.127. The molecule has 1 aliphatic rings. The Kier molecular flexibility index (Phi) is 4.60. The van der Waals surface area contributed by atoms with E-state index in [0.717, 1.165) is 18.4 Å². The first-order valence-corrected chi connectivity index (χ1v) is 8.28. The molecule has 1 saturated heterocycles. The molecule has 1 aliphatic heterocycles. The molecule has 1 aromatic rings. The topological polar surface area (TPSA) is 41.1 Å². The van der Waals surface area contributed by atoms with E-state index in [4.69, 9.17) is 0 Å². The van der Waals surface area contributed by atoms with Gasteiger partial charge in [0.05, 0.1) is 5.41 Å². The Balaban J connectivity index is 2.12. The predicted octanol–water partition coefficient (Wildman–Crippen LogP) is 3.53. The number of nitrogens with one attached hydrogen (secondary N) is 2. The van der Waals surface area contributed by atoms with Crippen LogP contribution in [0.25, 0.3) is 0 Å². The van der Waals surface area contributed by atoms with E-state index in [1.807, 2.05) is 13.8 Å². The molecule has 1 fully saturated rings. The fourth-order valence-electron chi connectivity index (χ4n) is 3.79. The number of carbonyl (C=O) groups is 1. The molecular weight excluding hydrogens is 291 g/mol. The van der Waals surface area contributed by atoms with Crippen molar-refractivity contribution in [3.8, 4) is 0 Å². The van der Waals surface area contributed by atoms with Crippen molar-refractivity contribution in [2.75, 3.05) is 0 Å². The highest BCUT2D eigenvalue weighted by atomic mass is 19.1. The number of halogens is 1. The van der Waals surface area contributed by atoms with Gasteiger partial charge in [-0.1, -0.05) is 12.1 Å². The van der Waals surface area contributed by atoms with Crippen LogP contribution < -0.4 is 10.6 Å². The summed E-state index contributed by atoms with van der Waals surface area (Å²) in [5.41, 5.74) is 0.107. The van der Waals surface area contributed by atoms with E-state index >= 15 is 0 Å². The Morgan fingerprint density at radius 1 is 1.13 bits per heavy atom. The summed E-state index contributed by atoms with van der Waals surface area (Å²) in [6, 6.07) is 6.31. The van der Waals surface area contributed by atoms with Gasteiger partial charge in [-0.2, -0.15) is 0 Å². The molecule has 2 N–H and O–H groups in total. The number of benzene rings is 1. The lowest BCUT2D eigenvalue weighted by atomic mass is 9.78. The van der Waals surface area contributed by atoms with E-state index in [0.29, 0.717) is 0 Å². The average molecular weight is 320 g/mol. The van der Waals surface area contributed by atoms with Gasteiger partial charge in [0.15, 0.2) is 0 Å². The summed E-state index contributed by atoms with van der Waals surface area (Å²) in [5, 5.41) is 6.83. The highest BCUT2D eigenvalue weighted by Crippen LogP contribution is 2.30. The van der Waals surface area contributed by atoms with E-state index in [1.165, 1.54) is 12.1 Å². The summed E-state index contributed by atoms with van der Waals surface area (Å²) in [6.45, 7) is 12.4. The molecule has 3 nitrogen and oxygen atoms in total. The highest BCUT2D eigenvalue weighted by molar-refractivity contribution is 5.87. The molecule has 0 spiro atoms. The Hall–Kier alpha value is -1.42. The minimum absolute atomic E-state index is 0.0115. The fraction of sp³-hybridized carbons (Fsp3) is 0.632. The molecule has 0 atom stereocenters. The molecule has 0 aromatic heterocycles. The highest BCUT2D eigenvalue weighted by Gasteiger charge is 2.40. The van der Waals surface area contributed by atoms with Crippen LogP contribution in [0, 0.1) is 5.82 Å². The first kappa shape index (κ1) is 17.9. The Morgan fingerprint density at radius 3 is 2.09 bits per heavy atom. The van der Waals surface area contributed by atoms with E-state index in [9.17, 15) is 9.18 Å². The smallest absolute Gasteiger partial charge is 0.230 e. The van der Waals surface area contributed by atoms with Gasteiger partial charge in [0.2, 0.25) is 5.91 Å². The lowest BCUT2D eigenvalue weighted by Gasteiger charge is -2.47. The van der Waals surface area contributed by atoms with Crippen LogP contribution in [0.2, 0.25) is 0 Å². The summed E-state index contributed by atoms with van der Waals surface area (Å²) in [6.07, 6.45) is 1.78. The molecule has 0 radical (unpaired) electrons. The maximum absolute atomic E-state index is 13.1. The van der Waals surface area contributed by atoms with Crippen LogP contribution >= 0.6 is 0 Å². The number of piperidine rings is 1. The molecule has 4 heteroatoms. The molecule has 23 heavy (non-hydrogen) atoms. The van der Waals surface area contributed by atoms with Crippen LogP contribution in [0.4, 0.5) is 4.39 Å². The van der Waals surface area contributed by atoms with Crippen molar-refractivity contribution in [3.05, 3.63) is 35.6 Å². The molecule has 0 aliphatic carbocycles. The average Bonchev–Trinajstić information content (AvgIpc) is 2.35. The minimum atomic E-state index is -0.688. The number of carbonyl (C=O) groups excluding carboxylic acids is 1. The molecule has 0 saturated carbocycles. The van der Waals surface area contributed by atoms with Gasteiger partial charge in [0.25, 0.3) is 0 Å². The standard InChI is InChI=1S/C19H29FN2O/c1-17(2)11-15(12-18(3,4)22-17)21-16(23)19(5,6)13-7-9-14(20)10-8-13/h7-10,15,22H,11-12H2,1-6H3,(H,21,23). The second kappa shape index (κ2) is 5.90. The second-order valence-electron chi connectivity index (χ2n) is 8.60. The Bertz CT molecular complexity index is 560. The number of hydrogen-bond donors (Lipinski definition) is 2. The maximum Gasteiger partial charge on any atom is 0.230 e. The van der Waals surface area contributed by atoms with E-state index in [-0.39, 0.29) is 28.8 Å². The van der Waals surface area contributed by atoms with Crippen molar-refractivity contribution in [3.63, 3.8) is 0 Å². The van der Waals surface area contributed by atoms with Gasteiger partial charge < -0.3 is 10.6 Å². The van der Waals surface area contributed by atoms with Crippen LogP contribution in [0.1, 0.15) is 59.9 Å². The summed E-state index contributed by atoms with van der Waals surface area (Å²) >= 11 is 0. The summed E-state index contributed by atoms with van der Waals surface area (Å²) in [5.74, 6) is -0.297. The fourth-order valence-corrected chi connectivity index (χ4v) is 3.79. The van der Waals surface area contributed by atoms with Gasteiger partial charge in [-0.3, -0.25) is 4.79 Å². The molecule has 128 valence electrons. The predicted molar refractivity (Wildman–Crippen MR) is 91.9 cm³/mol. The van der Waals surface area contributed by atoms with Crippen molar-refractivity contribution in [1.29, 1.82) is 0 Å². The third-order valence-corrected chi connectivity index (χ3v) is 4.66. The quantitative estimate of drug-likeness (QED) is 0.894. The second-order valence-corrected chi connectivity index (χ2v) is 8.60. The first-order chi connectivity index (χ1) is 10.4. The largest absolute Gasteiger partial charge is 0.352 e. The van der Waals surface area contributed by atoms with Gasteiger partial charge in [-0.15, -0.1) is 0 Å². The third-order valence-electron chi connectivity index (χ3n) is 4.66. The molecule has 1 amide bonds. The monoisotopic (exact) mass is 320 g/mol. The van der Waals surface area contributed by atoms with Crippen molar-refractivity contribution in [2.45, 2.75) is 76.9 Å². The Morgan fingerprint density at radius 2 is 1.61 bits per heavy atom. The van der Waals surface area contributed by atoms with Crippen molar-refractivity contribution < 1.29 is 9.18 Å². The van der Waals surface area contributed by atoms with Gasteiger partial charge in [-0.05, 0) is 72.1 Å². The van der Waals surface area contributed by atoms with E-state index in [1.54, 1.807) is 12.1 Å². The molecular formula is C19H29FN2O. The maximum atomic E-state index is 13.1. The minimum Gasteiger partial charge on any atom is -0.352 e. The Labute approximate surface area is 139 Å². The van der Waals surface area contributed by atoms with Crippen LogP contribution in [-0.4, -0.2) is 23.0 Å². The zero-order valence-electron chi connectivity index (χ0n) is 15.1. The number of amides is 1. The van der Waals surface area contributed by atoms with Crippen LogP contribution in [-0.2, 0) is 10.2 Å². The van der Waals surface area contributed by atoms with Crippen LogP contribution in [0.15, 0.2) is 24.3 Å². The zero-order chi connectivity index (χ0) is 17.5. The van der Waals surface area contributed by atoms with Crippen molar-refractivity contribution in [2.24, 2.45) is 0 Å². The van der Waals surface area contributed by atoms with Gasteiger partial charge in [-0.25, -0.2) is 4.39 Å². The van der Waals surface area contributed by atoms with Crippen LogP contribution in [0.3, 0.4) is 0 Å². The lowest BCUT2D eigenvalue weighted by Crippen LogP contribution is -2.63. The third kappa shape index (κ3) is 4.31. The zero-order valence-corrected chi connectivity index (χ0v) is 15.1. The van der Waals surface area contributed by atoms with Crippen LogP contribution in [0.5, 0.6) is 0 Å². The summed E-state index contributed by atoms with van der Waals surface area (Å²) in [4.78, 5) is 12.8. The van der Waals surface area contributed by atoms with Gasteiger partial charge in [0, 0.05) is 17.1 Å². The molecule has 1 aromatic carbocycles. The van der Waals surface area contributed by atoms with E-state index in [2.05, 4.69) is 38.3 Å². The van der Waals surface area contributed by atoms with E-state index < -0.39 is 5.41 Å². The number of hydrogen-bond acceptors (Lipinski definition) is 2. The molecule has 0 unspecified atom stereocenters. The normalized spacial score (nSPS) is 21.0. The molecule has 2 rings (SSSR count). The first-order valence-electron chi connectivity index (χ1n) is 8.28. The summed E-state index contributed by atoms with van der Waals surface area (Å²) in [7, 11) is 0.